The standard InChI is InChI=1S/C31H39Si/c1-29(2,3)23-19-24(30(4,5)6)28(25(20-23)31(7,8)9)32-26-16-12-10-14-21(26)18-22-15-11-13-17-27(22)32/h10-17,19-20H,18H2,1-9H3. The first kappa shape index (κ1) is 23.0. The molecule has 0 bridgehead atoms. The summed E-state index contributed by atoms with van der Waals surface area (Å²) in [6.07, 6.45) is 1.05. The fourth-order valence-electron chi connectivity index (χ4n) is 4.98. The van der Waals surface area contributed by atoms with Crippen LogP contribution in [0.4, 0.5) is 0 Å². The largest absolute Gasteiger partial charge is 0.156 e. The second-order valence-electron chi connectivity index (χ2n) is 12.6. The summed E-state index contributed by atoms with van der Waals surface area (Å²) in [5.74, 6) is 0. The van der Waals surface area contributed by atoms with Crippen LogP contribution in [0.2, 0.25) is 0 Å². The summed E-state index contributed by atoms with van der Waals surface area (Å²) in [5.41, 5.74) is 7.84. The molecule has 0 nitrogen and oxygen atoms in total. The van der Waals surface area contributed by atoms with Gasteiger partial charge in [-0.2, -0.15) is 0 Å². The molecule has 167 valence electrons. The summed E-state index contributed by atoms with van der Waals surface area (Å²) in [4.78, 5) is 0. The Morgan fingerprint density at radius 3 is 1.34 bits per heavy atom. The number of fused-ring (bicyclic) bond motifs is 2. The van der Waals surface area contributed by atoms with E-state index in [1.807, 2.05) is 0 Å². The number of hydrogen-bond acceptors (Lipinski definition) is 0. The lowest BCUT2D eigenvalue weighted by Gasteiger charge is -2.38. The minimum Gasteiger partial charge on any atom is -0.0623 e. The van der Waals surface area contributed by atoms with Gasteiger partial charge in [0.2, 0.25) is 0 Å². The van der Waals surface area contributed by atoms with Crippen molar-refractivity contribution in [1.82, 2.24) is 0 Å². The van der Waals surface area contributed by atoms with Crippen LogP contribution in [0.5, 0.6) is 0 Å². The van der Waals surface area contributed by atoms with Gasteiger partial charge in [-0.05, 0) is 66.0 Å². The Morgan fingerprint density at radius 1 is 0.562 bits per heavy atom. The van der Waals surface area contributed by atoms with Gasteiger partial charge in [0.15, 0.2) is 8.80 Å². The maximum Gasteiger partial charge on any atom is 0.156 e. The fraction of sp³-hybridized carbons (Fsp3) is 0.419. The third-order valence-electron chi connectivity index (χ3n) is 6.82. The molecule has 32 heavy (non-hydrogen) atoms. The topological polar surface area (TPSA) is 0 Å². The molecule has 1 heteroatoms. The highest BCUT2D eigenvalue weighted by atomic mass is 28.3. The van der Waals surface area contributed by atoms with Crippen molar-refractivity contribution in [2.75, 3.05) is 0 Å². The van der Waals surface area contributed by atoms with Crippen molar-refractivity contribution in [3.05, 3.63) is 88.5 Å². The quantitative estimate of drug-likeness (QED) is 0.319. The van der Waals surface area contributed by atoms with Crippen LogP contribution in [0, 0.1) is 0 Å². The lowest BCUT2D eigenvalue weighted by molar-refractivity contribution is 0.553. The average molecular weight is 440 g/mol. The second-order valence-corrected chi connectivity index (χ2v) is 14.9. The zero-order valence-corrected chi connectivity index (χ0v) is 22.5. The van der Waals surface area contributed by atoms with Crippen molar-refractivity contribution >= 4 is 24.4 Å². The van der Waals surface area contributed by atoms with Gasteiger partial charge in [-0.1, -0.05) is 123 Å². The van der Waals surface area contributed by atoms with Crippen molar-refractivity contribution in [3.8, 4) is 0 Å². The second kappa shape index (κ2) is 7.73. The van der Waals surface area contributed by atoms with Gasteiger partial charge in [0.05, 0.1) is 0 Å². The summed E-state index contributed by atoms with van der Waals surface area (Å²) < 4.78 is 0. The summed E-state index contributed by atoms with van der Waals surface area (Å²) >= 11 is 0. The average Bonchev–Trinajstić information content (AvgIpc) is 2.69. The predicted molar refractivity (Wildman–Crippen MR) is 143 cm³/mol. The Balaban J connectivity index is 2.15. The van der Waals surface area contributed by atoms with Gasteiger partial charge in [0.25, 0.3) is 0 Å². The zero-order chi connectivity index (χ0) is 23.5. The molecule has 0 saturated heterocycles. The Kier molecular flexibility index (Phi) is 5.57. The third-order valence-corrected chi connectivity index (χ3v) is 9.92. The molecule has 0 N–H and O–H groups in total. The van der Waals surface area contributed by atoms with E-state index in [0.717, 1.165) is 6.42 Å². The van der Waals surface area contributed by atoms with E-state index in [2.05, 4.69) is 123 Å². The van der Waals surface area contributed by atoms with Gasteiger partial charge in [-0.25, -0.2) is 0 Å². The van der Waals surface area contributed by atoms with Crippen molar-refractivity contribution in [2.24, 2.45) is 0 Å². The van der Waals surface area contributed by atoms with Crippen LogP contribution in [0.15, 0.2) is 60.7 Å². The SMILES string of the molecule is CC(C)(C)c1cc(C(C)(C)C)c([Si]2c3ccccc3Cc3ccccc32)c(C(C)(C)C)c1. The molecule has 0 amide bonds. The molecule has 0 aromatic heterocycles. The van der Waals surface area contributed by atoms with E-state index < -0.39 is 8.80 Å². The van der Waals surface area contributed by atoms with E-state index in [4.69, 9.17) is 0 Å². The molecule has 3 aromatic rings. The van der Waals surface area contributed by atoms with Crippen molar-refractivity contribution < 1.29 is 0 Å². The molecule has 0 spiro atoms. The number of rotatable bonds is 1. The molecule has 0 saturated carbocycles. The van der Waals surface area contributed by atoms with Gasteiger partial charge in [-0.15, -0.1) is 0 Å². The molecule has 4 rings (SSSR count). The third kappa shape index (κ3) is 4.12. The molecule has 1 radical (unpaired) electrons. The van der Waals surface area contributed by atoms with E-state index in [1.54, 1.807) is 15.6 Å². The number of benzene rings is 3. The normalized spacial score (nSPS) is 14.8. The Morgan fingerprint density at radius 2 is 0.969 bits per heavy atom. The first-order valence-corrected chi connectivity index (χ1v) is 13.5. The highest BCUT2D eigenvalue weighted by molar-refractivity contribution is 6.97. The highest BCUT2D eigenvalue weighted by Crippen LogP contribution is 2.34. The molecule has 0 atom stereocenters. The Bertz CT molecular complexity index is 1070. The lowest BCUT2D eigenvalue weighted by Crippen LogP contribution is -2.60. The summed E-state index contributed by atoms with van der Waals surface area (Å²) in [7, 11) is -1.12. The van der Waals surface area contributed by atoms with E-state index in [1.165, 1.54) is 27.8 Å². The van der Waals surface area contributed by atoms with Crippen molar-refractivity contribution in [3.63, 3.8) is 0 Å². The van der Waals surface area contributed by atoms with E-state index in [0.29, 0.717) is 0 Å². The van der Waals surface area contributed by atoms with Gasteiger partial charge < -0.3 is 0 Å². The van der Waals surface area contributed by atoms with Crippen LogP contribution in [0.25, 0.3) is 0 Å². The van der Waals surface area contributed by atoms with E-state index in [9.17, 15) is 0 Å². The molecule has 0 unspecified atom stereocenters. The molecule has 0 fully saturated rings. The first-order chi connectivity index (χ1) is 14.8. The summed E-state index contributed by atoms with van der Waals surface area (Å²) in [6.45, 7) is 21.4. The monoisotopic (exact) mass is 439 g/mol. The summed E-state index contributed by atoms with van der Waals surface area (Å²) in [5, 5.41) is 4.79. The Labute approximate surface area is 197 Å². The fourth-order valence-corrected chi connectivity index (χ4v) is 8.76. The van der Waals surface area contributed by atoms with Crippen molar-refractivity contribution in [2.45, 2.75) is 85.0 Å². The zero-order valence-electron chi connectivity index (χ0n) is 21.5. The van der Waals surface area contributed by atoms with E-state index >= 15 is 0 Å². The van der Waals surface area contributed by atoms with Crippen LogP contribution >= 0.6 is 0 Å². The molecule has 1 heterocycles. The van der Waals surface area contributed by atoms with Crippen LogP contribution < -0.4 is 15.6 Å². The molecular weight excluding hydrogens is 400 g/mol. The van der Waals surface area contributed by atoms with Crippen LogP contribution in [-0.4, -0.2) is 8.80 Å². The molecule has 0 aliphatic carbocycles. The van der Waals surface area contributed by atoms with Crippen LogP contribution in [0.1, 0.15) is 90.1 Å². The number of hydrogen-bond donors (Lipinski definition) is 0. The molecule has 3 aromatic carbocycles. The lowest BCUT2D eigenvalue weighted by atomic mass is 9.75. The van der Waals surface area contributed by atoms with E-state index in [-0.39, 0.29) is 16.2 Å². The molecular formula is C31H39Si. The van der Waals surface area contributed by atoms with Crippen LogP contribution in [-0.2, 0) is 22.7 Å². The highest BCUT2D eigenvalue weighted by Gasteiger charge is 2.37. The predicted octanol–water partition coefficient (Wildman–Crippen LogP) is 6.00. The minimum atomic E-state index is -1.12. The molecule has 1 aliphatic rings. The molecule has 1 aliphatic heterocycles. The van der Waals surface area contributed by atoms with Gasteiger partial charge in [0, 0.05) is 0 Å². The van der Waals surface area contributed by atoms with Crippen molar-refractivity contribution in [1.29, 1.82) is 0 Å². The smallest absolute Gasteiger partial charge is 0.0623 e. The van der Waals surface area contributed by atoms with Gasteiger partial charge >= 0.3 is 0 Å². The van der Waals surface area contributed by atoms with Gasteiger partial charge in [-0.3, -0.25) is 0 Å². The minimum absolute atomic E-state index is 0.0790. The maximum absolute atomic E-state index is 2.54. The first-order valence-electron chi connectivity index (χ1n) is 12.0. The maximum atomic E-state index is 2.54. The Hall–Kier alpha value is -2.12. The van der Waals surface area contributed by atoms with Gasteiger partial charge in [0.1, 0.15) is 0 Å². The summed E-state index contributed by atoms with van der Waals surface area (Å²) in [6, 6.07) is 23.5. The van der Waals surface area contributed by atoms with Crippen LogP contribution in [0.3, 0.4) is 0 Å².